The van der Waals surface area contributed by atoms with Crippen molar-refractivity contribution >= 4 is 33.5 Å². The van der Waals surface area contributed by atoms with Crippen molar-refractivity contribution in [2.75, 3.05) is 11.5 Å². The molecule has 31 heavy (non-hydrogen) atoms. The number of carbonyl (C=O) groups excluding carboxylic acids is 1. The maximum absolute atomic E-state index is 12.6. The normalized spacial score (nSPS) is 21.4. The van der Waals surface area contributed by atoms with E-state index in [4.69, 9.17) is 0 Å². The summed E-state index contributed by atoms with van der Waals surface area (Å²) in [7, 11) is -0.984. The van der Waals surface area contributed by atoms with Crippen molar-refractivity contribution in [2.45, 2.75) is 12.1 Å². The summed E-state index contributed by atoms with van der Waals surface area (Å²) in [4.78, 5) is 17.6. The maximum atomic E-state index is 12.6. The van der Waals surface area contributed by atoms with Crippen molar-refractivity contribution < 1.29 is 19.0 Å². The summed E-state index contributed by atoms with van der Waals surface area (Å²) < 4.78 is 22.9. The Balaban J connectivity index is 1.37. The summed E-state index contributed by atoms with van der Waals surface area (Å²) in [6, 6.07) is 1.07. The number of hydrogen-bond acceptors (Lipinski definition) is 8. The fraction of sp³-hybridized carbons (Fsp3) is 0.263. The largest absolute Gasteiger partial charge is 0.389 e. The van der Waals surface area contributed by atoms with Crippen molar-refractivity contribution in [3.63, 3.8) is 0 Å². The molecule has 5 heterocycles. The summed E-state index contributed by atoms with van der Waals surface area (Å²) in [5, 5.41) is 23.1. The number of amides is 1. The molecule has 1 aliphatic rings. The van der Waals surface area contributed by atoms with Gasteiger partial charge in [0.05, 0.1) is 40.9 Å². The first kappa shape index (κ1) is 20.2. The molecule has 1 aliphatic heterocycles. The molecular formula is C19H20N6O4S2. The average molecular weight is 461 g/mol. The summed E-state index contributed by atoms with van der Waals surface area (Å²) in [6.45, 7) is 0. The zero-order chi connectivity index (χ0) is 21.8. The Morgan fingerprint density at radius 2 is 1.97 bits per heavy atom. The molecule has 0 saturated carbocycles. The maximum Gasteiger partial charge on any atom is 0.261 e. The third-order valence-corrected chi connectivity index (χ3v) is 7.89. The number of fused-ring (bicyclic) bond motifs is 1. The number of aliphatic hydroxyl groups is 1. The minimum absolute atomic E-state index is 0.0324. The Labute approximate surface area is 182 Å². The van der Waals surface area contributed by atoms with Crippen LogP contribution in [0.3, 0.4) is 0 Å². The number of carbonyl (C=O) groups is 1. The van der Waals surface area contributed by atoms with E-state index < -0.39 is 22.7 Å². The van der Waals surface area contributed by atoms with E-state index in [0.29, 0.717) is 10.5 Å². The van der Waals surface area contributed by atoms with Gasteiger partial charge in [0.1, 0.15) is 0 Å². The van der Waals surface area contributed by atoms with Crippen LogP contribution in [0.4, 0.5) is 0 Å². The van der Waals surface area contributed by atoms with Gasteiger partial charge >= 0.3 is 0 Å². The Hall–Kier alpha value is -2.77. The van der Waals surface area contributed by atoms with Gasteiger partial charge in [0.2, 0.25) is 0 Å². The lowest BCUT2D eigenvalue weighted by atomic mass is 10.1. The second-order valence-corrected chi connectivity index (χ2v) is 10.7. The van der Waals surface area contributed by atoms with Gasteiger partial charge in [-0.3, -0.25) is 18.6 Å². The highest BCUT2D eigenvalue weighted by Crippen LogP contribution is 2.45. The van der Waals surface area contributed by atoms with Crippen LogP contribution in [-0.2, 0) is 7.05 Å². The number of aliphatic hydroxyl groups excluding tert-OH is 1. The van der Waals surface area contributed by atoms with Crippen LogP contribution in [0.5, 0.6) is 0 Å². The lowest BCUT2D eigenvalue weighted by Crippen LogP contribution is -2.42. The molecule has 2 atom stereocenters. The number of aromatic nitrogens is 5. The first-order chi connectivity index (χ1) is 14.8. The molecule has 0 bridgehead atoms. The Morgan fingerprint density at radius 1 is 1.16 bits per heavy atom. The summed E-state index contributed by atoms with van der Waals surface area (Å²) in [6.07, 6.45) is 8.04. The fourth-order valence-electron chi connectivity index (χ4n) is 3.63. The molecule has 0 radical (unpaired) electrons. The van der Waals surface area contributed by atoms with Gasteiger partial charge in [-0.25, -0.2) is 9.50 Å². The summed E-state index contributed by atoms with van der Waals surface area (Å²) in [5.41, 5.74) is 4.10. The first-order valence-electron chi connectivity index (χ1n) is 9.43. The topological polar surface area (TPSA) is 138 Å². The number of nitrogens with zero attached hydrogens (tertiary/aromatic N) is 5. The van der Waals surface area contributed by atoms with E-state index in [9.17, 15) is 19.0 Å². The molecule has 2 unspecified atom stereocenters. The van der Waals surface area contributed by atoms with Crippen molar-refractivity contribution in [3.05, 3.63) is 47.3 Å². The molecule has 0 spiro atoms. The number of nitrogens with one attached hydrogen (secondary N) is 1. The first-order valence-corrected chi connectivity index (χ1v) is 12.2. The van der Waals surface area contributed by atoms with Crippen LogP contribution in [-0.4, -0.2) is 68.1 Å². The molecular weight excluding hydrogens is 440 g/mol. The second-order valence-electron chi connectivity index (χ2n) is 7.55. The predicted octanol–water partition coefficient (Wildman–Crippen LogP) is 2.08. The van der Waals surface area contributed by atoms with Gasteiger partial charge in [0, 0.05) is 42.3 Å². The molecule has 5 rings (SSSR count). The fourth-order valence-corrected chi connectivity index (χ4v) is 6.23. The quantitative estimate of drug-likeness (QED) is 0.366. The minimum atomic E-state index is -2.84. The number of aryl methyl sites for hydroxylation is 1. The van der Waals surface area contributed by atoms with Crippen molar-refractivity contribution in [1.29, 1.82) is 0 Å². The van der Waals surface area contributed by atoms with Gasteiger partial charge in [-0.05, 0) is 17.0 Å². The third kappa shape index (κ3) is 3.83. The van der Waals surface area contributed by atoms with E-state index in [1.807, 2.05) is 24.8 Å². The highest BCUT2D eigenvalue weighted by atomic mass is 32.3. The van der Waals surface area contributed by atoms with Crippen LogP contribution in [0.1, 0.15) is 9.67 Å². The van der Waals surface area contributed by atoms with Gasteiger partial charge in [0.25, 0.3) is 5.91 Å². The smallest absolute Gasteiger partial charge is 0.261 e. The van der Waals surface area contributed by atoms with E-state index in [-0.39, 0.29) is 17.4 Å². The van der Waals surface area contributed by atoms with Gasteiger partial charge in [-0.1, -0.05) is 0 Å². The SMILES string of the molecule is Cn1cc(-c2cnc3c(-c4csc(C(=O)NC5CS(O)(O)CC5O)c4)cnn3c2)cn1. The van der Waals surface area contributed by atoms with Crippen LogP contribution in [0.25, 0.3) is 27.9 Å². The van der Waals surface area contributed by atoms with Gasteiger partial charge in [-0.2, -0.15) is 20.8 Å². The highest BCUT2D eigenvalue weighted by Gasteiger charge is 2.37. The van der Waals surface area contributed by atoms with Gasteiger partial charge < -0.3 is 10.4 Å². The van der Waals surface area contributed by atoms with E-state index >= 15 is 0 Å². The number of thiophene rings is 1. The average Bonchev–Trinajstić information content (AvgIpc) is 3.47. The Bertz CT molecular complexity index is 1280. The molecule has 1 amide bonds. The van der Waals surface area contributed by atoms with Crippen molar-refractivity contribution in [2.24, 2.45) is 7.05 Å². The lowest BCUT2D eigenvalue weighted by Gasteiger charge is -2.25. The van der Waals surface area contributed by atoms with Gasteiger partial charge in [0.15, 0.2) is 5.65 Å². The van der Waals surface area contributed by atoms with Crippen LogP contribution >= 0.6 is 21.9 Å². The van der Waals surface area contributed by atoms with Crippen LogP contribution in [0.15, 0.2) is 42.4 Å². The molecule has 0 aliphatic carbocycles. The molecule has 10 nitrogen and oxygen atoms in total. The number of rotatable bonds is 4. The molecule has 0 aromatic carbocycles. The monoisotopic (exact) mass is 460 g/mol. The Morgan fingerprint density at radius 3 is 2.68 bits per heavy atom. The predicted molar refractivity (Wildman–Crippen MR) is 118 cm³/mol. The van der Waals surface area contributed by atoms with E-state index in [2.05, 4.69) is 20.5 Å². The molecule has 1 fully saturated rings. The molecule has 4 aromatic heterocycles. The zero-order valence-corrected chi connectivity index (χ0v) is 18.0. The molecule has 12 heteroatoms. The standard InChI is InChI=1S/C19H20N6O4S2/c1-24-6-13(4-21-24)12-3-20-18-14(5-22-25(18)7-12)11-2-17(30-8-11)19(27)23-15-9-31(28,29)10-16(15)26/h2-8,15-16,26,28-29H,9-10H2,1H3,(H,23,27). The van der Waals surface area contributed by atoms with Crippen LogP contribution in [0.2, 0.25) is 0 Å². The molecule has 1 saturated heterocycles. The second kappa shape index (κ2) is 7.43. The minimum Gasteiger partial charge on any atom is -0.389 e. The molecule has 4 aromatic rings. The Kier molecular flexibility index (Phi) is 4.83. The summed E-state index contributed by atoms with van der Waals surface area (Å²) >= 11 is 1.26. The van der Waals surface area contributed by atoms with E-state index in [1.165, 1.54) is 11.3 Å². The van der Waals surface area contributed by atoms with Crippen LogP contribution < -0.4 is 5.32 Å². The molecule has 162 valence electrons. The van der Waals surface area contributed by atoms with Crippen molar-refractivity contribution in [3.8, 4) is 22.3 Å². The van der Waals surface area contributed by atoms with E-state index in [0.717, 1.165) is 22.3 Å². The van der Waals surface area contributed by atoms with Crippen LogP contribution in [0, 0.1) is 0 Å². The lowest BCUT2D eigenvalue weighted by molar-refractivity contribution is 0.0893. The van der Waals surface area contributed by atoms with Gasteiger partial charge in [-0.15, -0.1) is 11.3 Å². The summed E-state index contributed by atoms with van der Waals surface area (Å²) in [5.74, 6) is -0.501. The zero-order valence-electron chi connectivity index (χ0n) is 16.4. The number of hydrogen-bond donors (Lipinski definition) is 4. The van der Waals surface area contributed by atoms with E-state index in [1.54, 1.807) is 33.9 Å². The highest BCUT2D eigenvalue weighted by molar-refractivity contribution is 8.24. The van der Waals surface area contributed by atoms with Crippen molar-refractivity contribution in [1.82, 2.24) is 29.7 Å². The molecule has 4 N–H and O–H groups in total. The third-order valence-electron chi connectivity index (χ3n) is 5.19.